The summed E-state index contributed by atoms with van der Waals surface area (Å²) in [6, 6.07) is 15.2. The maximum Gasteiger partial charge on any atom is 0.295 e. The van der Waals surface area contributed by atoms with Crippen LogP contribution in [0.1, 0.15) is 31.9 Å². The molecule has 0 N–H and O–H groups in total. The zero-order chi connectivity index (χ0) is 24.9. The Morgan fingerprint density at radius 3 is 2.46 bits per heavy atom. The second kappa shape index (κ2) is 10.7. The fourth-order valence-corrected chi connectivity index (χ4v) is 4.36. The molecule has 8 heteroatoms. The van der Waals surface area contributed by atoms with Gasteiger partial charge in [0.2, 0.25) is 5.78 Å². The lowest BCUT2D eigenvalue weighted by molar-refractivity contribution is -0.139. The highest BCUT2D eigenvalue weighted by atomic mass is 16.5. The predicted molar refractivity (Wildman–Crippen MR) is 129 cm³/mol. The molecule has 0 radical (unpaired) electrons. The van der Waals surface area contributed by atoms with E-state index in [1.54, 1.807) is 49.6 Å². The smallest absolute Gasteiger partial charge is 0.295 e. The van der Waals surface area contributed by atoms with Crippen molar-refractivity contribution in [3.63, 3.8) is 0 Å². The third-order valence-corrected chi connectivity index (χ3v) is 5.92. The Morgan fingerprint density at radius 2 is 1.80 bits per heavy atom. The minimum atomic E-state index is -1.12. The predicted octanol–water partition coefficient (Wildman–Crippen LogP) is 4.26. The fourth-order valence-electron chi connectivity index (χ4n) is 4.36. The molecule has 0 bridgehead atoms. The molecule has 1 fully saturated rings. The maximum absolute atomic E-state index is 13.3. The Kier molecular flexibility index (Phi) is 7.41. The lowest BCUT2D eigenvalue weighted by Crippen LogP contribution is -2.31. The molecule has 182 valence electrons. The first-order valence-corrected chi connectivity index (χ1v) is 11.5. The normalized spacial score (nSPS) is 17.9. The van der Waals surface area contributed by atoms with E-state index in [0.29, 0.717) is 35.9 Å². The lowest BCUT2D eigenvalue weighted by atomic mass is 9.85. The van der Waals surface area contributed by atoms with Crippen LogP contribution >= 0.6 is 0 Å². The van der Waals surface area contributed by atoms with E-state index in [2.05, 4.69) is 5.16 Å². The summed E-state index contributed by atoms with van der Waals surface area (Å²) < 4.78 is 15.9. The van der Waals surface area contributed by atoms with Gasteiger partial charge in [-0.1, -0.05) is 49.3 Å². The summed E-state index contributed by atoms with van der Waals surface area (Å²) in [5.74, 6) is -2.23. The number of benzene rings is 2. The molecule has 4 rings (SSSR count). The number of aromatic nitrogens is 1. The van der Waals surface area contributed by atoms with E-state index >= 15 is 0 Å². The minimum absolute atomic E-state index is 0.0510. The second-order valence-corrected chi connectivity index (χ2v) is 8.84. The number of para-hydroxylation sites is 1. The summed E-state index contributed by atoms with van der Waals surface area (Å²) in [7, 11) is 1.58. The number of methoxy groups -OCH3 is 1. The molecule has 8 nitrogen and oxygen atoms in total. The summed E-state index contributed by atoms with van der Waals surface area (Å²) >= 11 is 0. The zero-order valence-electron chi connectivity index (χ0n) is 20.0. The minimum Gasteiger partial charge on any atom is -0.491 e. The Morgan fingerprint density at radius 1 is 1.06 bits per heavy atom. The van der Waals surface area contributed by atoms with Crippen LogP contribution in [0.4, 0.5) is 5.69 Å². The molecule has 1 amide bonds. The molecule has 0 aliphatic carbocycles. The molecular formula is C27H28N2O6. The molecule has 1 aliphatic rings. The number of carbonyl (C=O) groups is 3. The van der Waals surface area contributed by atoms with Gasteiger partial charge in [-0.2, -0.15) is 0 Å². The second-order valence-electron chi connectivity index (χ2n) is 8.84. The number of amides is 1. The molecule has 2 atom stereocenters. The van der Waals surface area contributed by atoms with Crippen molar-refractivity contribution in [2.45, 2.75) is 26.3 Å². The summed E-state index contributed by atoms with van der Waals surface area (Å²) in [6.45, 7) is 4.49. The lowest BCUT2D eigenvalue weighted by Gasteiger charge is -2.29. The van der Waals surface area contributed by atoms with Crippen molar-refractivity contribution in [2.24, 2.45) is 11.8 Å². The van der Waals surface area contributed by atoms with Crippen LogP contribution in [0.2, 0.25) is 0 Å². The Bertz CT molecular complexity index is 1190. The number of hydrogen-bond donors (Lipinski definition) is 0. The molecule has 35 heavy (non-hydrogen) atoms. The monoisotopic (exact) mass is 476 g/mol. The van der Waals surface area contributed by atoms with Crippen LogP contribution in [-0.2, 0) is 19.1 Å². The average molecular weight is 477 g/mol. The number of ketones is 2. The van der Waals surface area contributed by atoms with Crippen LogP contribution in [0, 0.1) is 11.8 Å². The molecule has 1 aromatic heterocycles. The number of nitrogens with zero attached hydrogens (tertiary/aromatic N) is 2. The van der Waals surface area contributed by atoms with Crippen molar-refractivity contribution in [2.75, 3.05) is 25.2 Å². The Hall–Kier alpha value is -3.78. The Balaban J connectivity index is 1.78. The van der Waals surface area contributed by atoms with E-state index in [-0.39, 0.29) is 18.1 Å². The number of Topliss-reactive ketones (excluding diaryl/α,β-unsaturated/α-hetero) is 2. The molecule has 2 heterocycles. The van der Waals surface area contributed by atoms with Gasteiger partial charge >= 0.3 is 0 Å². The van der Waals surface area contributed by atoms with Crippen molar-refractivity contribution < 1.29 is 28.4 Å². The van der Waals surface area contributed by atoms with Gasteiger partial charge in [0.25, 0.3) is 5.91 Å². The SMILES string of the molecule is COCCOc1ccccc1C1C(C(=O)CC(C)C)C(=O)C(=O)N1c1ccc(-c2ccon2)cc1. The summed E-state index contributed by atoms with van der Waals surface area (Å²) in [4.78, 5) is 41.2. The summed E-state index contributed by atoms with van der Waals surface area (Å²) in [5.41, 5.74) is 2.56. The first kappa shape index (κ1) is 24.3. The fraction of sp³-hybridized carbons (Fsp3) is 0.333. The van der Waals surface area contributed by atoms with Crippen LogP contribution in [0.3, 0.4) is 0 Å². The quantitative estimate of drug-likeness (QED) is 0.245. The third kappa shape index (κ3) is 5.02. The third-order valence-electron chi connectivity index (χ3n) is 5.92. The summed E-state index contributed by atoms with van der Waals surface area (Å²) in [5, 5.41) is 3.93. The van der Waals surface area contributed by atoms with E-state index in [0.717, 1.165) is 5.56 Å². The summed E-state index contributed by atoms with van der Waals surface area (Å²) in [6.07, 6.45) is 1.68. The van der Waals surface area contributed by atoms with Gasteiger partial charge < -0.3 is 14.0 Å². The number of carbonyl (C=O) groups excluding carboxylic acids is 3. The van der Waals surface area contributed by atoms with Gasteiger partial charge in [0.15, 0.2) is 0 Å². The van der Waals surface area contributed by atoms with Gasteiger partial charge in [-0.3, -0.25) is 19.3 Å². The van der Waals surface area contributed by atoms with E-state index in [4.69, 9.17) is 14.0 Å². The topological polar surface area (TPSA) is 98.9 Å². The molecule has 0 saturated carbocycles. The largest absolute Gasteiger partial charge is 0.491 e. The van der Waals surface area contributed by atoms with Gasteiger partial charge in [0, 0.05) is 36.4 Å². The van der Waals surface area contributed by atoms with Crippen molar-refractivity contribution in [1.82, 2.24) is 5.16 Å². The highest BCUT2D eigenvalue weighted by Crippen LogP contribution is 2.44. The molecule has 0 spiro atoms. The molecule has 1 aliphatic heterocycles. The molecule has 3 aromatic rings. The van der Waals surface area contributed by atoms with Gasteiger partial charge in [-0.25, -0.2) is 0 Å². The highest BCUT2D eigenvalue weighted by molar-refractivity contribution is 6.48. The van der Waals surface area contributed by atoms with Crippen LogP contribution < -0.4 is 9.64 Å². The van der Waals surface area contributed by atoms with Crippen LogP contribution in [0.5, 0.6) is 5.75 Å². The molecule has 2 unspecified atom stereocenters. The first-order chi connectivity index (χ1) is 16.9. The molecular weight excluding hydrogens is 448 g/mol. The highest BCUT2D eigenvalue weighted by Gasteiger charge is 2.52. The van der Waals surface area contributed by atoms with Crippen molar-refractivity contribution >= 4 is 23.2 Å². The molecule has 2 aromatic carbocycles. The van der Waals surface area contributed by atoms with E-state index in [1.807, 2.05) is 26.0 Å². The van der Waals surface area contributed by atoms with Crippen molar-refractivity contribution in [1.29, 1.82) is 0 Å². The van der Waals surface area contributed by atoms with Gasteiger partial charge in [0.05, 0.1) is 12.6 Å². The van der Waals surface area contributed by atoms with Crippen LogP contribution in [0.25, 0.3) is 11.3 Å². The first-order valence-electron chi connectivity index (χ1n) is 11.5. The van der Waals surface area contributed by atoms with Crippen LogP contribution in [0.15, 0.2) is 65.4 Å². The Labute approximate surface area is 203 Å². The van der Waals surface area contributed by atoms with Crippen LogP contribution in [-0.4, -0.2) is 43.0 Å². The maximum atomic E-state index is 13.3. The van der Waals surface area contributed by atoms with Crippen molar-refractivity contribution in [3.05, 3.63) is 66.4 Å². The number of rotatable bonds is 10. The number of anilines is 1. The number of hydrogen-bond acceptors (Lipinski definition) is 7. The standard InChI is InChI=1S/C27H28N2O6/c1-17(2)16-22(30)24-25(20-6-4-5-7-23(20)34-15-14-33-3)29(27(32)26(24)31)19-10-8-18(9-11-19)21-12-13-35-28-21/h4-13,17,24-25H,14-16H2,1-3H3. The van der Waals surface area contributed by atoms with Gasteiger partial charge in [-0.05, 0) is 24.1 Å². The van der Waals surface area contributed by atoms with E-state index in [1.165, 1.54) is 11.2 Å². The number of ether oxygens (including phenoxy) is 2. The molecule has 1 saturated heterocycles. The van der Waals surface area contributed by atoms with E-state index < -0.39 is 23.7 Å². The zero-order valence-corrected chi connectivity index (χ0v) is 20.0. The average Bonchev–Trinajstić information content (AvgIpc) is 3.47. The van der Waals surface area contributed by atoms with Gasteiger partial charge in [-0.15, -0.1) is 0 Å². The van der Waals surface area contributed by atoms with Gasteiger partial charge in [0.1, 0.15) is 36.0 Å². The van der Waals surface area contributed by atoms with E-state index in [9.17, 15) is 14.4 Å². The van der Waals surface area contributed by atoms with Crippen molar-refractivity contribution in [3.8, 4) is 17.0 Å².